The molecule has 0 bridgehead atoms. The van der Waals surface area contributed by atoms with Gasteiger partial charge in [-0.1, -0.05) is 13.8 Å². The number of imide groups is 1. The molecule has 96 valence electrons. The fraction of sp³-hybridized carbons (Fsp3) is 0.545. The van der Waals surface area contributed by atoms with Crippen LogP contribution in [0.25, 0.3) is 0 Å². The number of rotatable bonds is 5. The first-order chi connectivity index (χ1) is 7.92. The molecule has 0 aliphatic heterocycles. The average molecular weight is 242 g/mol. The normalized spacial score (nSPS) is 10.6. The Morgan fingerprint density at radius 2 is 1.76 bits per heavy atom. The number of nitrogens with one attached hydrogen (secondary N) is 1. The van der Waals surface area contributed by atoms with E-state index in [1.807, 2.05) is 13.8 Å². The van der Waals surface area contributed by atoms with Crippen molar-refractivity contribution in [3.8, 4) is 0 Å². The zero-order valence-electron chi connectivity index (χ0n) is 10.3. The quantitative estimate of drug-likeness (QED) is 0.704. The summed E-state index contributed by atoms with van der Waals surface area (Å²) in [6, 6.07) is -0.468. The molecule has 3 amide bonds. The van der Waals surface area contributed by atoms with Gasteiger partial charge in [-0.15, -0.1) is 0 Å². The van der Waals surface area contributed by atoms with Crippen LogP contribution in [0, 0.1) is 0 Å². The van der Waals surface area contributed by atoms with Crippen molar-refractivity contribution in [3.05, 3.63) is 12.2 Å². The van der Waals surface area contributed by atoms with Crippen LogP contribution in [0.1, 0.15) is 26.7 Å². The van der Waals surface area contributed by atoms with Crippen LogP contribution in [0.5, 0.6) is 0 Å². The third-order valence-corrected chi connectivity index (χ3v) is 2.42. The smallest absolute Gasteiger partial charge is 0.328 e. The summed E-state index contributed by atoms with van der Waals surface area (Å²) in [6.45, 7) is 3.90. The minimum atomic E-state index is -1.24. The summed E-state index contributed by atoms with van der Waals surface area (Å²) in [4.78, 5) is 34.3. The number of urea groups is 1. The first kappa shape index (κ1) is 15.2. The van der Waals surface area contributed by atoms with Gasteiger partial charge >= 0.3 is 12.0 Å². The Balaban J connectivity index is 4.34. The lowest BCUT2D eigenvalue weighted by molar-refractivity contribution is -0.131. The number of hydrogen-bond donors (Lipinski definition) is 2. The van der Waals surface area contributed by atoms with E-state index in [0.29, 0.717) is 6.08 Å². The zero-order chi connectivity index (χ0) is 13.4. The number of hydrogen-bond acceptors (Lipinski definition) is 3. The van der Waals surface area contributed by atoms with Gasteiger partial charge in [0.15, 0.2) is 0 Å². The van der Waals surface area contributed by atoms with Crippen molar-refractivity contribution >= 4 is 17.9 Å². The topological polar surface area (TPSA) is 86.7 Å². The molecule has 0 rings (SSSR count). The van der Waals surface area contributed by atoms with Gasteiger partial charge in [0.05, 0.1) is 0 Å². The van der Waals surface area contributed by atoms with E-state index in [1.165, 1.54) is 4.90 Å². The second kappa shape index (κ2) is 7.43. The Morgan fingerprint density at radius 3 is 2.18 bits per heavy atom. The fourth-order valence-corrected chi connectivity index (χ4v) is 1.38. The predicted molar refractivity (Wildman–Crippen MR) is 62.4 cm³/mol. The van der Waals surface area contributed by atoms with Gasteiger partial charge in [0.2, 0.25) is 0 Å². The lowest BCUT2D eigenvalue weighted by Gasteiger charge is -2.25. The third-order valence-electron chi connectivity index (χ3n) is 2.42. The van der Waals surface area contributed by atoms with Crippen molar-refractivity contribution in [2.24, 2.45) is 0 Å². The SMILES string of the molecule is CCC(CC)N(C)C(=O)NC(=O)/C=C/C(=O)O. The zero-order valence-corrected chi connectivity index (χ0v) is 10.3. The van der Waals surface area contributed by atoms with E-state index in [4.69, 9.17) is 5.11 Å². The molecule has 0 saturated heterocycles. The molecule has 0 aromatic carbocycles. The van der Waals surface area contributed by atoms with Gasteiger partial charge in [0.25, 0.3) is 5.91 Å². The largest absolute Gasteiger partial charge is 0.478 e. The van der Waals surface area contributed by atoms with Crippen molar-refractivity contribution in [1.82, 2.24) is 10.2 Å². The van der Waals surface area contributed by atoms with Crippen molar-refractivity contribution in [2.45, 2.75) is 32.7 Å². The van der Waals surface area contributed by atoms with Crippen LogP contribution in [0.3, 0.4) is 0 Å². The molecule has 0 radical (unpaired) electrons. The number of carboxylic acid groups (broad SMARTS) is 1. The second-order valence-corrected chi connectivity index (χ2v) is 3.55. The van der Waals surface area contributed by atoms with Crippen LogP contribution in [-0.2, 0) is 9.59 Å². The summed E-state index contributed by atoms with van der Waals surface area (Å²) in [6.07, 6.45) is 3.07. The van der Waals surface area contributed by atoms with Crippen LogP contribution >= 0.6 is 0 Å². The predicted octanol–water partition coefficient (Wildman–Crippen LogP) is 0.984. The van der Waals surface area contributed by atoms with Gasteiger partial charge in [-0.3, -0.25) is 10.1 Å². The van der Waals surface area contributed by atoms with Gasteiger partial charge < -0.3 is 10.0 Å². The number of carbonyl (C=O) groups excluding carboxylic acids is 2. The maximum absolute atomic E-state index is 11.6. The molecule has 2 N–H and O–H groups in total. The molecule has 0 fully saturated rings. The molecule has 17 heavy (non-hydrogen) atoms. The van der Waals surface area contributed by atoms with Gasteiger partial charge in [-0.05, 0) is 12.8 Å². The molecule has 6 nitrogen and oxygen atoms in total. The Morgan fingerprint density at radius 1 is 1.24 bits per heavy atom. The Kier molecular flexibility index (Phi) is 6.62. The highest BCUT2D eigenvalue weighted by Gasteiger charge is 2.17. The average Bonchev–Trinajstić information content (AvgIpc) is 2.27. The van der Waals surface area contributed by atoms with E-state index >= 15 is 0 Å². The van der Waals surface area contributed by atoms with Gasteiger partial charge in [0, 0.05) is 25.2 Å². The molecule has 6 heteroatoms. The van der Waals surface area contributed by atoms with Crippen molar-refractivity contribution in [3.63, 3.8) is 0 Å². The second-order valence-electron chi connectivity index (χ2n) is 3.55. The molecule has 0 aliphatic rings. The monoisotopic (exact) mass is 242 g/mol. The lowest BCUT2D eigenvalue weighted by Crippen LogP contribution is -2.45. The minimum Gasteiger partial charge on any atom is -0.478 e. The van der Waals surface area contributed by atoms with Crippen LogP contribution in [0.4, 0.5) is 4.79 Å². The molecule has 0 atom stereocenters. The molecule has 0 unspecified atom stereocenters. The number of aliphatic carboxylic acids is 1. The summed E-state index contributed by atoms with van der Waals surface area (Å²) < 4.78 is 0. The summed E-state index contributed by atoms with van der Waals surface area (Å²) in [5, 5.41) is 10.4. The summed E-state index contributed by atoms with van der Waals surface area (Å²) >= 11 is 0. The lowest BCUT2D eigenvalue weighted by atomic mass is 10.1. The van der Waals surface area contributed by atoms with E-state index in [0.717, 1.165) is 18.9 Å². The molecule has 0 aromatic rings. The van der Waals surface area contributed by atoms with E-state index in [9.17, 15) is 14.4 Å². The molecule has 0 saturated carbocycles. The first-order valence-electron chi connectivity index (χ1n) is 5.41. The van der Waals surface area contributed by atoms with E-state index in [2.05, 4.69) is 5.32 Å². The maximum atomic E-state index is 11.6. The standard InChI is InChI=1S/C11H18N2O4/c1-4-8(5-2)13(3)11(17)12-9(14)6-7-10(15)16/h6-8H,4-5H2,1-3H3,(H,15,16)(H,12,14,17)/b7-6+. The van der Waals surface area contributed by atoms with Crippen LogP contribution < -0.4 is 5.32 Å². The van der Waals surface area contributed by atoms with Crippen LogP contribution in [0.2, 0.25) is 0 Å². The van der Waals surface area contributed by atoms with E-state index in [1.54, 1.807) is 7.05 Å². The first-order valence-corrected chi connectivity index (χ1v) is 5.41. The van der Waals surface area contributed by atoms with Gasteiger partial charge in [-0.25, -0.2) is 9.59 Å². The van der Waals surface area contributed by atoms with Crippen molar-refractivity contribution in [2.75, 3.05) is 7.05 Å². The number of nitrogens with zero attached hydrogens (tertiary/aromatic N) is 1. The number of carbonyl (C=O) groups is 3. The van der Waals surface area contributed by atoms with Crippen molar-refractivity contribution in [1.29, 1.82) is 0 Å². The fourth-order valence-electron chi connectivity index (χ4n) is 1.38. The van der Waals surface area contributed by atoms with E-state index in [-0.39, 0.29) is 6.04 Å². The molecule has 0 heterocycles. The Labute approximate surface area is 100 Å². The molecular weight excluding hydrogens is 224 g/mol. The molecule has 0 aliphatic carbocycles. The summed E-state index contributed by atoms with van der Waals surface area (Å²) in [5.41, 5.74) is 0. The molecule has 0 spiro atoms. The summed E-state index contributed by atoms with van der Waals surface area (Å²) in [5.74, 6) is -1.98. The molecule has 0 aromatic heterocycles. The minimum absolute atomic E-state index is 0.0613. The number of carboxylic acids is 1. The Hall–Kier alpha value is -1.85. The molecular formula is C11H18N2O4. The summed E-state index contributed by atoms with van der Waals surface area (Å²) in [7, 11) is 1.60. The highest BCUT2D eigenvalue weighted by molar-refractivity contribution is 6.02. The van der Waals surface area contributed by atoms with Crippen molar-refractivity contribution < 1.29 is 19.5 Å². The van der Waals surface area contributed by atoms with E-state index < -0.39 is 17.9 Å². The van der Waals surface area contributed by atoms with Crippen LogP contribution in [0.15, 0.2) is 12.2 Å². The number of amides is 3. The highest BCUT2D eigenvalue weighted by Crippen LogP contribution is 2.05. The van der Waals surface area contributed by atoms with Gasteiger partial charge in [-0.2, -0.15) is 0 Å². The van der Waals surface area contributed by atoms with Crippen LogP contribution in [-0.4, -0.2) is 41.0 Å². The highest BCUT2D eigenvalue weighted by atomic mass is 16.4. The third kappa shape index (κ3) is 5.70. The Bertz CT molecular complexity index is 321. The van der Waals surface area contributed by atoms with Gasteiger partial charge in [0.1, 0.15) is 0 Å². The maximum Gasteiger partial charge on any atom is 0.328 e.